The van der Waals surface area contributed by atoms with E-state index in [2.05, 4.69) is 6.92 Å². The Morgan fingerprint density at radius 3 is 2.25 bits per heavy atom. The Morgan fingerprint density at radius 1 is 0.950 bits per heavy atom. The van der Waals surface area contributed by atoms with Crippen molar-refractivity contribution >= 4 is 23.2 Å². The minimum absolute atomic E-state index is 0.438. The lowest BCUT2D eigenvalue weighted by molar-refractivity contribution is 0.302. The van der Waals surface area contributed by atoms with Crippen molar-refractivity contribution in [3.63, 3.8) is 0 Å². The van der Waals surface area contributed by atoms with E-state index in [0.29, 0.717) is 10.9 Å². The summed E-state index contributed by atoms with van der Waals surface area (Å²) in [4.78, 5) is 0. The van der Waals surface area contributed by atoms with Gasteiger partial charge < -0.3 is 4.74 Å². The van der Waals surface area contributed by atoms with Gasteiger partial charge in [0.2, 0.25) is 0 Å². The summed E-state index contributed by atoms with van der Waals surface area (Å²) in [7, 11) is 0. The molecular formula is C17H26Cl2O. The highest BCUT2D eigenvalue weighted by Crippen LogP contribution is 2.29. The zero-order valence-electron chi connectivity index (χ0n) is 12.5. The summed E-state index contributed by atoms with van der Waals surface area (Å²) in [5.74, 6) is 1.19. The van der Waals surface area contributed by atoms with Crippen molar-refractivity contribution in [3.8, 4) is 5.75 Å². The largest absolute Gasteiger partial charge is 0.492 e. The fourth-order valence-electron chi connectivity index (χ4n) is 2.23. The first-order valence-electron chi connectivity index (χ1n) is 7.75. The van der Waals surface area contributed by atoms with Crippen LogP contribution in [-0.4, -0.2) is 6.61 Å². The molecule has 0 atom stereocenters. The summed E-state index contributed by atoms with van der Waals surface area (Å²) in [6.45, 7) is 2.98. The molecule has 0 aliphatic rings. The fourth-order valence-corrected chi connectivity index (χ4v) is 2.69. The van der Waals surface area contributed by atoms with Crippen LogP contribution in [0.5, 0.6) is 5.75 Å². The van der Waals surface area contributed by atoms with Crippen LogP contribution in [0.2, 0.25) is 5.02 Å². The van der Waals surface area contributed by atoms with Crippen molar-refractivity contribution in [2.45, 2.75) is 64.2 Å². The second kappa shape index (κ2) is 11.3. The summed E-state index contributed by atoms with van der Waals surface area (Å²) in [5, 5.41) is 0.655. The van der Waals surface area contributed by atoms with E-state index in [4.69, 9.17) is 27.9 Å². The number of hydrogen-bond donors (Lipinski definition) is 0. The van der Waals surface area contributed by atoms with Gasteiger partial charge in [-0.2, -0.15) is 0 Å². The molecule has 0 fully saturated rings. The molecule has 0 radical (unpaired) electrons. The van der Waals surface area contributed by atoms with Crippen LogP contribution in [0.1, 0.15) is 63.9 Å². The SMILES string of the molecule is CCCCCCCCCCOc1c(Cl)cccc1CCl. The molecular weight excluding hydrogens is 291 g/mol. The van der Waals surface area contributed by atoms with Gasteiger partial charge >= 0.3 is 0 Å². The third kappa shape index (κ3) is 6.85. The number of ether oxygens (including phenoxy) is 1. The van der Waals surface area contributed by atoms with Crippen LogP contribution >= 0.6 is 23.2 Å². The number of halogens is 2. The summed E-state index contributed by atoms with van der Waals surface area (Å²) < 4.78 is 5.79. The number of rotatable bonds is 11. The van der Waals surface area contributed by atoms with E-state index in [-0.39, 0.29) is 0 Å². The van der Waals surface area contributed by atoms with Gasteiger partial charge in [-0.1, -0.05) is 75.6 Å². The first kappa shape index (κ1) is 17.7. The Labute approximate surface area is 133 Å². The van der Waals surface area contributed by atoms with Gasteiger partial charge in [-0.25, -0.2) is 0 Å². The predicted octanol–water partition coefficient (Wildman–Crippen LogP) is 6.60. The highest BCUT2D eigenvalue weighted by atomic mass is 35.5. The summed E-state index contributed by atoms with van der Waals surface area (Å²) in [6.07, 6.45) is 10.4. The van der Waals surface area contributed by atoms with Gasteiger partial charge in [-0.15, -0.1) is 11.6 Å². The van der Waals surface area contributed by atoms with Crippen molar-refractivity contribution in [2.75, 3.05) is 6.61 Å². The number of alkyl halides is 1. The van der Waals surface area contributed by atoms with E-state index < -0.39 is 0 Å². The maximum absolute atomic E-state index is 6.14. The molecule has 20 heavy (non-hydrogen) atoms. The molecule has 0 aliphatic heterocycles. The van der Waals surface area contributed by atoms with Crippen molar-refractivity contribution < 1.29 is 4.74 Å². The van der Waals surface area contributed by atoms with Crippen LogP contribution in [0.3, 0.4) is 0 Å². The topological polar surface area (TPSA) is 9.23 Å². The number of hydrogen-bond acceptors (Lipinski definition) is 1. The second-order valence-corrected chi connectivity index (χ2v) is 5.86. The molecule has 1 nitrogen and oxygen atoms in total. The standard InChI is InChI=1S/C17H26Cl2O/c1-2-3-4-5-6-7-8-9-13-20-17-15(14-18)11-10-12-16(17)19/h10-12H,2-9,13-14H2,1H3. The normalized spacial score (nSPS) is 10.8. The summed E-state index contributed by atoms with van der Waals surface area (Å²) >= 11 is 12.0. The second-order valence-electron chi connectivity index (χ2n) is 5.19. The minimum Gasteiger partial charge on any atom is -0.492 e. The van der Waals surface area contributed by atoms with E-state index in [1.54, 1.807) is 0 Å². The van der Waals surface area contributed by atoms with Crippen LogP contribution in [0.15, 0.2) is 18.2 Å². The van der Waals surface area contributed by atoms with Gasteiger partial charge in [0.25, 0.3) is 0 Å². The molecule has 114 valence electrons. The lowest BCUT2D eigenvalue weighted by Crippen LogP contribution is -2.00. The van der Waals surface area contributed by atoms with Crippen LogP contribution in [0.25, 0.3) is 0 Å². The smallest absolute Gasteiger partial charge is 0.142 e. The number of unbranched alkanes of at least 4 members (excludes halogenated alkanes) is 7. The van der Waals surface area contributed by atoms with Crippen LogP contribution in [0.4, 0.5) is 0 Å². The number of para-hydroxylation sites is 1. The average molecular weight is 317 g/mol. The van der Waals surface area contributed by atoms with E-state index in [0.717, 1.165) is 24.3 Å². The molecule has 0 N–H and O–H groups in total. The summed E-state index contributed by atoms with van der Waals surface area (Å²) in [5.41, 5.74) is 0.971. The fraction of sp³-hybridized carbons (Fsp3) is 0.647. The molecule has 0 aliphatic carbocycles. The quantitative estimate of drug-likeness (QED) is 0.330. The highest BCUT2D eigenvalue weighted by molar-refractivity contribution is 6.32. The Bertz CT molecular complexity index is 366. The average Bonchev–Trinajstić information content (AvgIpc) is 2.46. The van der Waals surface area contributed by atoms with Crippen molar-refractivity contribution in [1.29, 1.82) is 0 Å². The van der Waals surface area contributed by atoms with Crippen molar-refractivity contribution in [1.82, 2.24) is 0 Å². The molecule has 0 spiro atoms. The van der Waals surface area contributed by atoms with Gasteiger partial charge in [-0.05, 0) is 12.5 Å². The molecule has 1 aromatic rings. The molecule has 0 aromatic heterocycles. The lowest BCUT2D eigenvalue weighted by Gasteiger charge is -2.11. The molecule has 0 heterocycles. The molecule has 0 unspecified atom stereocenters. The Balaban J connectivity index is 2.12. The van der Waals surface area contributed by atoms with E-state index in [9.17, 15) is 0 Å². The Hall–Kier alpha value is -0.400. The first-order valence-corrected chi connectivity index (χ1v) is 8.67. The maximum Gasteiger partial charge on any atom is 0.142 e. The van der Waals surface area contributed by atoms with Crippen LogP contribution < -0.4 is 4.74 Å². The van der Waals surface area contributed by atoms with Gasteiger partial charge in [0, 0.05) is 5.56 Å². The van der Waals surface area contributed by atoms with E-state index in [1.807, 2.05) is 18.2 Å². The first-order chi connectivity index (χ1) is 9.79. The highest BCUT2D eigenvalue weighted by Gasteiger charge is 2.07. The number of benzene rings is 1. The van der Waals surface area contributed by atoms with Gasteiger partial charge in [-0.3, -0.25) is 0 Å². The zero-order chi connectivity index (χ0) is 14.6. The minimum atomic E-state index is 0.438. The van der Waals surface area contributed by atoms with Crippen LogP contribution in [0, 0.1) is 0 Å². The Kier molecular flexibility index (Phi) is 9.96. The zero-order valence-corrected chi connectivity index (χ0v) is 14.0. The van der Waals surface area contributed by atoms with E-state index >= 15 is 0 Å². The molecule has 0 amide bonds. The van der Waals surface area contributed by atoms with Crippen molar-refractivity contribution in [2.24, 2.45) is 0 Å². The lowest BCUT2D eigenvalue weighted by atomic mass is 10.1. The van der Waals surface area contributed by atoms with Gasteiger partial charge in [0.1, 0.15) is 5.75 Å². The molecule has 0 saturated heterocycles. The molecule has 1 rings (SSSR count). The maximum atomic E-state index is 6.14. The third-order valence-electron chi connectivity index (χ3n) is 3.44. The monoisotopic (exact) mass is 316 g/mol. The third-order valence-corrected chi connectivity index (χ3v) is 4.02. The van der Waals surface area contributed by atoms with E-state index in [1.165, 1.54) is 44.9 Å². The molecule has 1 aromatic carbocycles. The molecule has 3 heteroatoms. The molecule has 0 saturated carbocycles. The van der Waals surface area contributed by atoms with Crippen LogP contribution in [-0.2, 0) is 5.88 Å². The van der Waals surface area contributed by atoms with Gasteiger partial charge in [0.05, 0.1) is 17.5 Å². The summed E-state index contributed by atoms with van der Waals surface area (Å²) in [6, 6.07) is 5.71. The van der Waals surface area contributed by atoms with Crippen molar-refractivity contribution in [3.05, 3.63) is 28.8 Å². The predicted molar refractivity (Wildman–Crippen MR) is 89.1 cm³/mol. The Morgan fingerprint density at radius 2 is 1.60 bits per heavy atom. The molecule has 0 bridgehead atoms. The van der Waals surface area contributed by atoms with Gasteiger partial charge in [0.15, 0.2) is 0 Å².